The zero-order chi connectivity index (χ0) is 19.7. The van der Waals surface area contributed by atoms with E-state index < -0.39 is 0 Å². The number of benzene rings is 1. The van der Waals surface area contributed by atoms with Crippen LogP contribution in [0.2, 0.25) is 0 Å². The Morgan fingerprint density at radius 2 is 1.43 bits per heavy atom. The molecule has 1 aromatic carbocycles. The van der Waals surface area contributed by atoms with Crippen LogP contribution in [0.1, 0.15) is 87.9 Å². The van der Waals surface area contributed by atoms with Crippen molar-refractivity contribution in [3.8, 4) is 5.75 Å². The van der Waals surface area contributed by atoms with E-state index in [9.17, 15) is 9.90 Å². The summed E-state index contributed by atoms with van der Waals surface area (Å²) in [4.78, 5) is 12.0. The van der Waals surface area contributed by atoms with Gasteiger partial charge in [0.15, 0.2) is 0 Å². The predicted octanol–water partition coefficient (Wildman–Crippen LogP) is 2.69. The normalized spacial score (nSPS) is 11.6. The average Bonchev–Trinajstić information content (AvgIpc) is 2.67. The number of aromatic hydroxyl groups is 1. The summed E-state index contributed by atoms with van der Waals surface area (Å²) in [5.74, 6) is 2.37. The molecular weight excluding hydrogens is 434 g/mol. The average molecular weight is 475 g/mol. The van der Waals surface area contributed by atoms with E-state index in [4.69, 9.17) is 0 Å². The fraction of sp³-hybridized carbons (Fsp3) is 0.696. The molecule has 1 aromatic rings. The first-order chi connectivity index (χ1) is 13.1. The van der Waals surface area contributed by atoms with Gasteiger partial charge in [0.25, 0.3) is 5.91 Å². The number of hydrogen-bond donors (Lipinski definition) is 2. The maximum absolute atomic E-state index is 12.0. The van der Waals surface area contributed by atoms with Crippen molar-refractivity contribution in [3.63, 3.8) is 0 Å². The molecule has 0 heterocycles. The molecule has 0 spiro atoms. The Morgan fingerprint density at radius 1 is 0.893 bits per heavy atom. The van der Waals surface area contributed by atoms with E-state index in [1.54, 1.807) is 24.3 Å². The fourth-order valence-corrected chi connectivity index (χ4v) is 4.76. The van der Waals surface area contributed by atoms with Gasteiger partial charge in [0.1, 0.15) is 17.3 Å². The van der Waals surface area contributed by atoms with E-state index in [2.05, 4.69) is 18.5 Å². The maximum atomic E-state index is 12.0. The van der Waals surface area contributed by atoms with Crippen LogP contribution in [0.5, 0.6) is 5.75 Å². The smallest absolute Gasteiger partial charge is 0.255 e. The van der Waals surface area contributed by atoms with E-state index >= 15 is 0 Å². The number of carbonyl (C=O) groups excluding carboxylic acids is 1. The third-order valence-corrected chi connectivity index (χ3v) is 6.92. The first-order valence-electron chi connectivity index (χ1n) is 10.8. The fourth-order valence-electron chi connectivity index (χ4n) is 3.22. The van der Waals surface area contributed by atoms with Crippen molar-refractivity contribution in [2.45, 2.75) is 77.6 Å². The molecule has 0 bridgehead atoms. The lowest BCUT2D eigenvalue weighted by molar-refractivity contribution is -0.0000156. The number of nitrogens with one attached hydrogen (secondary N) is 1. The largest absolute Gasteiger partial charge is 1.00 e. The van der Waals surface area contributed by atoms with Gasteiger partial charge >= 0.3 is 0 Å². The molecule has 5 heteroatoms. The molecule has 1 amide bonds. The Bertz CT molecular complexity index is 513. The Hall–Kier alpha value is -0.680. The summed E-state index contributed by atoms with van der Waals surface area (Å²) >= 11 is 0. The van der Waals surface area contributed by atoms with Crippen LogP contribution in [0, 0.1) is 0 Å². The van der Waals surface area contributed by atoms with Crippen LogP contribution in [0.3, 0.4) is 0 Å². The molecule has 0 saturated carbocycles. The first kappa shape index (κ1) is 27.3. The molecule has 0 aliphatic carbocycles. The number of phenols is 1. The van der Waals surface area contributed by atoms with E-state index in [0.717, 1.165) is 6.42 Å². The summed E-state index contributed by atoms with van der Waals surface area (Å²) in [6, 6.07) is 6.69. The second-order valence-electron chi connectivity index (χ2n) is 7.50. The van der Waals surface area contributed by atoms with Gasteiger partial charge in [-0.2, -0.15) is 0 Å². The van der Waals surface area contributed by atoms with Crippen LogP contribution in [-0.2, 0) is 10.9 Å². The second-order valence-corrected chi connectivity index (χ2v) is 9.88. The summed E-state index contributed by atoms with van der Waals surface area (Å²) in [6.45, 7) is 2.96. The Morgan fingerprint density at radius 3 is 2.04 bits per heavy atom. The highest BCUT2D eigenvalue weighted by molar-refractivity contribution is 7.96. The minimum Gasteiger partial charge on any atom is -1.00 e. The SMILES string of the molecule is CCCCCCCCCCCC[S+](C)CCCNC(=O)c1ccccc1O.[Br-]. The molecule has 1 rings (SSSR count). The van der Waals surface area contributed by atoms with Gasteiger partial charge in [0.05, 0.1) is 11.8 Å². The summed E-state index contributed by atoms with van der Waals surface area (Å²) < 4.78 is 0. The van der Waals surface area contributed by atoms with Crippen molar-refractivity contribution in [1.82, 2.24) is 5.32 Å². The molecule has 0 aromatic heterocycles. The van der Waals surface area contributed by atoms with Gasteiger partial charge < -0.3 is 27.4 Å². The van der Waals surface area contributed by atoms with Crippen LogP contribution >= 0.6 is 0 Å². The summed E-state index contributed by atoms with van der Waals surface area (Å²) in [7, 11) is 0.453. The monoisotopic (exact) mass is 473 g/mol. The highest BCUT2D eigenvalue weighted by Crippen LogP contribution is 2.15. The number of unbranched alkanes of at least 4 members (excludes halogenated alkanes) is 9. The van der Waals surface area contributed by atoms with E-state index in [1.807, 2.05) is 0 Å². The van der Waals surface area contributed by atoms with Crippen LogP contribution in [-0.4, -0.2) is 35.3 Å². The van der Waals surface area contributed by atoms with Gasteiger partial charge in [-0.1, -0.05) is 70.4 Å². The van der Waals surface area contributed by atoms with Crippen molar-refractivity contribution in [1.29, 1.82) is 0 Å². The highest BCUT2D eigenvalue weighted by atomic mass is 79.9. The Labute approximate surface area is 186 Å². The van der Waals surface area contributed by atoms with Crippen molar-refractivity contribution in [2.24, 2.45) is 0 Å². The van der Waals surface area contributed by atoms with Gasteiger partial charge in [-0.3, -0.25) is 4.79 Å². The third-order valence-electron chi connectivity index (χ3n) is 4.95. The Kier molecular flexibility index (Phi) is 17.9. The Balaban J connectivity index is 0.00000729. The van der Waals surface area contributed by atoms with Crippen LogP contribution in [0.4, 0.5) is 0 Å². The second kappa shape index (κ2) is 18.4. The molecule has 0 fully saturated rings. The number of hydrogen-bond acceptors (Lipinski definition) is 2. The molecule has 3 nitrogen and oxygen atoms in total. The van der Waals surface area contributed by atoms with Crippen molar-refractivity contribution < 1.29 is 26.9 Å². The molecule has 2 N–H and O–H groups in total. The molecule has 1 atom stereocenters. The molecule has 0 radical (unpaired) electrons. The lowest BCUT2D eigenvalue weighted by atomic mass is 10.1. The number of rotatable bonds is 16. The standard InChI is InChI=1S/C23H39NO2S.BrH/c1-3-4-5-6-7-8-9-10-11-14-19-27(2)20-15-18-24-23(26)21-16-12-13-17-22(21)25;/h12-13,16-17H,3-11,14-15,18-20H2,1-2H3,(H-,24,25,26);1H. The van der Waals surface area contributed by atoms with Gasteiger partial charge in [0, 0.05) is 13.0 Å². The molecular formula is C23H40BrNO2S. The lowest BCUT2D eigenvalue weighted by Gasteiger charge is -2.07. The number of amides is 1. The summed E-state index contributed by atoms with van der Waals surface area (Å²) in [5.41, 5.74) is 0.360. The molecule has 0 aliphatic rings. The first-order valence-corrected chi connectivity index (χ1v) is 12.8. The van der Waals surface area contributed by atoms with E-state index in [1.165, 1.54) is 75.7 Å². The number of para-hydroxylation sites is 1. The zero-order valence-corrected chi connectivity index (χ0v) is 20.3. The van der Waals surface area contributed by atoms with E-state index in [0.29, 0.717) is 23.0 Å². The van der Waals surface area contributed by atoms with Crippen molar-refractivity contribution in [3.05, 3.63) is 29.8 Å². The van der Waals surface area contributed by atoms with Gasteiger partial charge in [-0.15, -0.1) is 0 Å². The molecule has 0 saturated heterocycles. The van der Waals surface area contributed by atoms with Crippen LogP contribution in [0.25, 0.3) is 0 Å². The van der Waals surface area contributed by atoms with Gasteiger partial charge in [-0.25, -0.2) is 0 Å². The van der Waals surface area contributed by atoms with E-state index in [-0.39, 0.29) is 28.6 Å². The summed E-state index contributed by atoms with van der Waals surface area (Å²) in [5, 5.41) is 12.6. The van der Waals surface area contributed by atoms with Crippen molar-refractivity contribution >= 4 is 16.8 Å². The zero-order valence-electron chi connectivity index (χ0n) is 17.9. The molecule has 0 aliphatic heterocycles. The quantitative estimate of drug-likeness (QED) is 0.286. The van der Waals surface area contributed by atoms with Gasteiger partial charge in [-0.05, 0) is 35.9 Å². The minimum absolute atomic E-state index is 0. The summed E-state index contributed by atoms with van der Waals surface area (Å²) in [6.07, 6.45) is 17.3. The topological polar surface area (TPSA) is 49.3 Å². The number of carbonyl (C=O) groups is 1. The van der Waals surface area contributed by atoms with Gasteiger partial charge in [0.2, 0.25) is 0 Å². The molecule has 28 heavy (non-hydrogen) atoms. The molecule has 162 valence electrons. The maximum Gasteiger partial charge on any atom is 0.255 e. The number of halogens is 1. The lowest BCUT2D eigenvalue weighted by Crippen LogP contribution is -3.00. The van der Waals surface area contributed by atoms with Crippen LogP contribution < -0.4 is 22.3 Å². The molecule has 1 unspecified atom stereocenters. The highest BCUT2D eigenvalue weighted by Gasteiger charge is 2.12. The third kappa shape index (κ3) is 13.5. The minimum atomic E-state index is -0.182. The predicted molar refractivity (Wildman–Crippen MR) is 120 cm³/mol. The number of phenolic OH excluding ortho intramolecular Hbond substituents is 1. The van der Waals surface area contributed by atoms with Crippen molar-refractivity contribution in [2.75, 3.05) is 24.3 Å². The van der Waals surface area contributed by atoms with Crippen LogP contribution in [0.15, 0.2) is 24.3 Å².